The van der Waals surface area contributed by atoms with E-state index >= 15 is 0 Å². The van der Waals surface area contributed by atoms with Crippen LogP contribution < -0.4 is 10.4 Å². The Morgan fingerprint density at radius 3 is 2.67 bits per heavy atom. The van der Waals surface area contributed by atoms with Crippen LogP contribution in [0.15, 0.2) is 30.3 Å². The zero-order valence-electron chi connectivity index (χ0n) is 7.88. The largest absolute Gasteiger partial charge is 0.480 e. The Bertz CT molecular complexity index is 391. The maximum Gasteiger partial charge on any atom is 0.328 e. The highest BCUT2D eigenvalue weighted by Crippen LogP contribution is 2.20. The average molecular weight is 206 g/mol. The minimum atomic E-state index is -1.00. The van der Waals surface area contributed by atoms with E-state index in [0.717, 1.165) is 0 Å². The van der Waals surface area contributed by atoms with E-state index in [1.165, 1.54) is 5.01 Å². The summed E-state index contributed by atoms with van der Waals surface area (Å²) in [7, 11) is 0. The van der Waals surface area contributed by atoms with Crippen molar-refractivity contribution < 1.29 is 14.7 Å². The molecule has 1 atom stereocenters. The number of nitrogens with one attached hydrogen (secondary N) is 1. The molecule has 5 heteroatoms. The molecule has 1 fully saturated rings. The number of anilines is 1. The molecule has 0 saturated carbocycles. The molecule has 0 bridgehead atoms. The molecule has 0 aromatic heterocycles. The molecule has 1 aromatic rings. The lowest BCUT2D eigenvalue weighted by atomic mass is 10.2. The van der Waals surface area contributed by atoms with Crippen molar-refractivity contribution in [3.05, 3.63) is 30.3 Å². The molecule has 0 spiro atoms. The molecule has 5 nitrogen and oxygen atoms in total. The Hall–Kier alpha value is -2.04. The number of carboxylic acid groups (broad SMARTS) is 1. The zero-order valence-corrected chi connectivity index (χ0v) is 7.88. The molecule has 1 heterocycles. The van der Waals surface area contributed by atoms with Crippen LogP contribution in [0.5, 0.6) is 0 Å². The van der Waals surface area contributed by atoms with Gasteiger partial charge in [-0.15, -0.1) is 0 Å². The second-order valence-corrected chi connectivity index (χ2v) is 3.30. The fourth-order valence-corrected chi connectivity index (χ4v) is 1.56. The molecule has 2 rings (SSSR count). The quantitative estimate of drug-likeness (QED) is 0.734. The van der Waals surface area contributed by atoms with Crippen LogP contribution in [0.1, 0.15) is 6.42 Å². The minimum Gasteiger partial charge on any atom is -0.480 e. The number of benzene rings is 1. The summed E-state index contributed by atoms with van der Waals surface area (Å²) in [5.74, 6) is -1.27. The number of para-hydroxylation sites is 1. The maximum atomic E-state index is 11.1. The summed E-state index contributed by atoms with van der Waals surface area (Å²) in [6.07, 6.45) is -0.00969. The first-order valence-electron chi connectivity index (χ1n) is 4.55. The van der Waals surface area contributed by atoms with Crippen LogP contribution in [-0.2, 0) is 9.59 Å². The Balaban J connectivity index is 2.28. The van der Waals surface area contributed by atoms with Crippen molar-refractivity contribution in [1.29, 1.82) is 0 Å². The van der Waals surface area contributed by atoms with Crippen molar-refractivity contribution in [2.45, 2.75) is 12.5 Å². The molecule has 2 N–H and O–H groups in total. The highest BCUT2D eigenvalue weighted by molar-refractivity contribution is 5.92. The van der Waals surface area contributed by atoms with Gasteiger partial charge in [0, 0.05) is 0 Å². The normalized spacial score (nSPS) is 20.1. The molecule has 1 aliphatic heterocycles. The van der Waals surface area contributed by atoms with Crippen molar-refractivity contribution in [3.8, 4) is 0 Å². The van der Waals surface area contributed by atoms with Gasteiger partial charge in [0.15, 0.2) is 6.04 Å². The van der Waals surface area contributed by atoms with Gasteiger partial charge in [-0.25, -0.2) is 4.79 Å². The number of carboxylic acids is 1. The summed E-state index contributed by atoms with van der Waals surface area (Å²) in [5.41, 5.74) is 3.19. The van der Waals surface area contributed by atoms with Gasteiger partial charge in [0.05, 0.1) is 12.1 Å². The van der Waals surface area contributed by atoms with Crippen molar-refractivity contribution in [1.82, 2.24) is 5.43 Å². The van der Waals surface area contributed by atoms with Gasteiger partial charge in [0.1, 0.15) is 0 Å². The van der Waals surface area contributed by atoms with Gasteiger partial charge in [-0.2, -0.15) is 0 Å². The third kappa shape index (κ3) is 1.76. The van der Waals surface area contributed by atoms with Gasteiger partial charge in [0.2, 0.25) is 5.91 Å². The Morgan fingerprint density at radius 2 is 2.07 bits per heavy atom. The van der Waals surface area contributed by atoms with Gasteiger partial charge in [0.25, 0.3) is 0 Å². The molecule has 0 radical (unpaired) electrons. The predicted octanol–water partition coefficient (Wildman–Crippen LogP) is 0.381. The monoisotopic (exact) mass is 206 g/mol. The molecule has 1 saturated heterocycles. The number of aliphatic carboxylic acids is 1. The molecule has 0 unspecified atom stereocenters. The summed E-state index contributed by atoms with van der Waals surface area (Å²) in [4.78, 5) is 22.0. The van der Waals surface area contributed by atoms with E-state index in [-0.39, 0.29) is 12.3 Å². The fraction of sp³-hybridized carbons (Fsp3) is 0.200. The second kappa shape index (κ2) is 3.61. The van der Waals surface area contributed by atoms with Gasteiger partial charge < -0.3 is 5.11 Å². The first kappa shape index (κ1) is 9.51. The molecular weight excluding hydrogens is 196 g/mol. The summed E-state index contributed by atoms with van der Waals surface area (Å²) < 4.78 is 0. The zero-order chi connectivity index (χ0) is 10.8. The molecule has 1 amide bonds. The average Bonchev–Trinajstić information content (AvgIpc) is 2.62. The highest BCUT2D eigenvalue weighted by Gasteiger charge is 2.35. The van der Waals surface area contributed by atoms with Gasteiger partial charge in [-0.3, -0.25) is 15.2 Å². The van der Waals surface area contributed by atoms with Crippen molar-refractivity contribution in [2.24, 2.45) is 0 Å². The molecular formula is C10H10N2O3. The van der Waals surface area contributed by atoms with E-state index in [1.807, 2.05) is 6.07 Å². The molecule has 0 aliphatic carbocycles. The van der Waals surface area contributed by atoms with Crippen LogP contribution in [0.4, 0.5) is 5.69 Å². The third-order valence-corrected chi connectivity index (χ3v) is 2.25. The van der Waals surface area contributed by atoms with E-state index < -0.39 is 12.0 Å². The number of carbonyl (C=O) groups excluding carboxylic acids is 1. The summed E-state index contributed by atoms with van der Waals surface area (Å²) >= 11 is 0. The van der Waals surface area contributed by atoms with E-state index in [1.54, 1.807) is 24.3 Å². The summed E-state index contributed by atoms with van der Waals surface area (Å²) in [5, 5.41) is 10.3. The van der Waals surface area contributed by atoms with Crippen molar-refractivity contribution >= 4 is 17.6 Å². The topological polar surface area (TPSA) is 69.6 Å². The standard InChI is InChI=1S/C10H10N2O3/c13-9-6-8(10(14)15)12(11-9)7-4-2-1-3-5-7/h1-5,8H,6H2,(H,11,13)(H,14,15)/t8-/m0/s1. The van der Waals surface area contributed by atoms with Gasteiger partial charge >= 0.3 is 5.97 Å². The van der Waals surface area contributed by atoms with Crippen LogP contribution in [0, 0.1) is 0 Å². The predicted molar refractivity (Wildman–Crippen MR) is 53.1 cm³/mol. The summed E-state index contributed by atoms with van der Waals surface area (Å²) in [6.45, 7) is 0. The number of nitrogens with zero attached hydrogens (tertiary/aromatic N) is 1. The Labute approximate surface area is 86.3 Å². The van der Waals surface area contributed by atoms with E-state index in [2.05, 4.69) is 5.43 Å². The lowest BCUT2D eigenvalue weighted by molar-refractivity contribution is -0.138. The first-order valence-corrected chi connectivity index (χ1v) is 4.55. The van der Waals surface area contributed by atoms with Gasteiger partial charge in [-0.1, -0.05) is 18.2 Å². The Morgan fingerprint density at radius 1 is 1.40 bits per heavy atom. The van der Waals surface area contributed by atoms with Crippen LogP contribution in [-0.4, -0.2) is 23.0 Å². The summed E-state index contributed by atoms with van der Waals surface area (Å²) in [6, 6.07) is 8.09. The molecule has 78 valence electrons. The minimum absolute atomic E-state index is 0.00969. The third-order valence-electron chi connectivity index (χ3n) is 2.25. The van der Waals surface area contributed by atoms with Crippen LogP contribution in [0.25, 0.3) is 0 Å². The molecule has 1 aromatic carbocycles. The van der Waals surface area contributed by atoms with Gasteiger partial charge in [-0.05, 0) is 12.1 Å². The number of rotatable bonds is 2. The molecule has 1 aliphatic rings. The van der Waals surface area contributed by atoms with E-state index in [9.17, 15) is 9.59 Å². The van der Waals surface area contributed by atoms with E-state index in [0.29, 0.717) is 5.69 Å². The number of hydrogen-bond acceptors (Lipinski definition) is 3. The van der Waals surface area contributed by atoms with Crippen LogP contribution in [0.2, 0.25) is 0 Å². The number of carbonyl (C=O) groups is 2. The molecule has 15 heavy (non-hydrogen) atoms. The van der Waals surface area contributed by atoms with Crippen LogP contribution in [0.3, 0.4) is 0 Å². The number of hydrogen-bond donors (Lipinski definition) is 2. The Kier molecular flexibility index (Phi) is 2.29. The lowest BCUT2D eigenvalue weighted by Crippen LogP contribution is -2.42. The van der Waals surface area contributed by atoms with Crippen LogP contribution >= 0.6 is 0 Å². The maximum absolute atomic E-state index is 11.1. The van der Waals surface area contributed by atoms with Crippen molar-refractivity contribution in [3.63, 3.8) is 0 Å². The second-order valence-electron chi connectivity index (χ2n) is 3.30. The van der Waals surface area contributed by atoms with E-state index in [4.69, 9.17) is 5.11 Å². The van der Waals surface area contributed by atoms with Crippen molar-refractivity contribution in [2.75, 3.05) is 5.01 Å². The highest BCUT2D eigenvalue weighted by atomic mass is 16.4. The fourth-order valence-electron chi connectivity index (χ4n) is 1.56. The smallest absolute Gasteiger partial charge is 0.328 e. The SMILES string of the molecule is O=C1C[C@@H](C(=O)O)N(c2ccccc2)N1. The lowest BCUT2D eigenvalue weighted by Gasteiger charge is -2.22. The first-order chi connectivity index (χ1) is 7.18. The number of hydrazine groups is 1. The number of amides is 1.